The SMILES string of the molecule is CCCCCCCCCCCN1C=CN(CCCCCCC)C1CCCCCCCCC. The zero-order valence-corrected chi connectivity index (χ0v) is 22.6. The predicted molar refractivity (Wildman–Crippen MR) is 145 cm³/mol. The fourth-order valence-electron chi connectivity index (χ4n) is 5.13. The molecular formula is C30H60N2. The summed E-state index contributed by atoms with van der Waals surface area (Å²) in [6.45, 7) is 9.45. The van der Waals surface area contributed by atoms with E-state index in [0.717, 1.165) is 0 Å². The van der Waals surface area contributed by atoms with Crippen molar-refractivity contribution in [1.82, 2.24) is 9.80 Å². The second-order valence-electron chi connectivity index (χ2n) is 10.4. The minimum atomic E-state index is 0.644. The molecule has 1 heterocycles. The maximum atomic E-state index is 2.68. The zero-order valence-electron chi connectivity index (χ0n) is 22.6. The maximum absolute atomic E-state index is 2.68. The molecule has 190 valence electrons. The Morgan fingerprint density at radius 2 is 0.719 bits per heavy atom. The van der Waals surface area contributed by atoms with Crippen LogP contribution in [0.1, 0.15) is 162 Å². The Morgan fingerprint density at radius 1 is 0.406 bits per heavy atom. The van der Waals surface area contributed by atoms with E-state index >= 15 is 0 Å². The van der Waals surface area contributed by atoms with Crippen LogP contribution in [-0.2, 0) is 0 Å². The van der Waals surface area contributed by atoms with Gasteiger partial charge in [-0.2, -0.15) is 0 Å². The normalized spacial score (nSPS) is 15.9. The molecule has 0 aromatic rings. The molecule has 1 aliphatic rings. The summed E-state index contributed by atoms with van der Waals surface area (Å²) in [5.74, 6) is 0. The lowest BCUT2D eigenvalue weighted by molar-refractivity contribution is 0.135. The van der Waals surface area contributed by atoms with Crippen LogP contribution in [0.4, 0.5) is 0 Å². The molecule has 1 rings (SSSR count). The molecule has 0 amide bonds. The summed E-state index contributed by atoms with van der Waals surface area (Å²) in [6, 6.07) is 0. The highest BCUT2D eigenvalue weighted by Crippen LogP contribution is 2.24. The molecule has 0 aromatic carbocycles. The zero-order chi connectivity index (χ0) is 23.1. The Kier molecular flexibility index (Phi) is 20.3. The quantitative estimate of drug-likeness (QED) is 0.135. The summed E-state index contributed by atoms with van der Waals surface area (Å²) in [4.78, 5) is 5.36. The number of hydrogen-bond donors (Lipinski definition) is 0. The summed E-state index contributed by atoms with van der Waals surface area (Å²) in [7, 11) is 0. The van der Waals surface area contributed by atoms with Crippen molar-refractivity contribution in [2.45, 2.75) is 168 Å². The smallest absolute Gasteiger partial charge is 0.101 e. The van der Waals surface area contributed by atoms with Crippen molar-refractivity contribution < 1.29 is 0 Å². The van der Waals surface area contributed by atoms with E-state index in [1.54, 1.807) is 0 Å². The third-order valence-corrected chi connectivity index (χ3v) is 7.32. The molecule has 0 spiro atoms. The van der Waals surface area contributed by atoms with Gasteiger partial charge in [-0.1, -0.05) is 136 Å². The van der Waals surface area contributed by atoms with E-state index in [0.29, 0.717) is 6.17 Å². The molecule has 1 unspecified atom stereocenters. The van der Waals surface area contributed by atoms with Gasteiger partial charge >= 0.3 is 0 Å². The van der Waals surface area contributed by atoms with E-state index in [4.69, 9.17) is 0 Å². The van der Waals surface area contributed by atoms with Gasteiger partial charge in [0.2, 0.25) is 0 Å². The Bertz CT molecular complexity index is 406. The fraction of sp³-hybridized carbons (Fsp3) is 0.933. The lowest BCUT2D eigenvalue weighted by Gasteiger charge is -2.33. The molecule has 0 aromatic heterocycles. The van der Waals surface area contributed by atoms with Gasteiger partial charge in [-0.15, -0.1) is 0 Å². The van der Waals surface area contributed by atoms with Gasteiger partial charge in [-0.05, 0) is 25.7 Å². The van der Waals surface area contributed by atoms with Gasteiger partial charge in [0.1, 0.15) is 6.17 Å². The monoisotopic (exact) mass is 448 g/mol. The predicted octanol–water partition coefficient (Wildman–Crippen LogP) is 10.0. The molecule has 1 aliphatic heterocycles. The van der Waals surface area contributed by atoms with Crippen molar-refractivity contribution in [3.8, 4) is 0 Å². The lowest BCUT2D eigenvalue weighted by atomic mass is 10.1. The molecule has 2 heteroatoms. The highest BCUT2D eigenvalue weighted by molar-refractivity contribution is 4.97. The number of unbranched alkanes of at least 4 members (excludes halogenated alkanes) is 18. The minimum Gasteiger partial charge on any atom is -0.356 e. The van der Waals surface area contributed by atoms with E-state index in [9.17, 15) is 0 Å². The van der Waals surface area contributed by atoms with Crippen molar-refractivity contribution in [2.75, 3.05) is 13.1 Å². The first kappa shape index (κ1) is 29.4. The second kappa shape index (κ2) is 22.1. The van der Waals surface area contributed by atoms with Gasteiger partial charge in [0, 0.05) is 25.5 Å². The van der Waals surface area contributed by atoms with E-state index < -0.39 is 0 Å². The molecule has 0 saturated heterocycles. The van der Waals surface area contributed by atoms with Crippen LogP contribution >= 0.6 is 0 Å². The van der Waals surface area contributed by atoms with Crippen LogP contribution in [0, 0.1) is 0 Å². The van der Waals surface area contributed by atoms with E-state index in [1.165, 1.54) is 154 Å². The summed E-state index contributed by atoms with van der Waals surface area (Å²) in [6.07, 6.45) is 36.5. The van der Waals surface area contributed by atoms with Gasteiger partial charge in [-0.25, -0.2) is 0 Å². The molecule has 0 fully saturated rings. The van der Waals surface area contributed by atoms with Crippen LogP contribution in [-0.4, -0.2) is 29.1 Å². The van der Waals surface area contributed by atoms with Gasteiger partial charge < -0.3 is 9.80 Å². The Balaban J connectivity index is 2.26. The van der Waals surface area contributed by atoms with Gasteiger partial charge in [-0.3, -0.25) is 0 Å². The Labute approximate surface area is 203 Å². The van der Waals surface area contributed by atoms with Crippen molar-refractivity contribution in [3.05, 3.63) is 12.4 Å². The number of hydrogen-bond acceptors (Lipinski definition) is 2. The molecule has 32 heavy (non-hydrogen) atoms. The van der Waals surface area contributed by atoms with E-state index in [2.05, 4.69) is 43.0 Å². The van der Waals surface area contributed by atoms with E-state index in [-0.39, 0.29) is 0 Å². The first-order valence-electron chi connectivity index (χ1n) is 15.0. The largest absolute Gasteiger partial charge is 0.356 e. The molecule has 0 saturated carbocycles. The van der Waals surface area contributed by atoms with Crippen molar-refractivity contribution in [3.63, 3.8) is 0 Å². The highest BCUT2D eigenvalue weighted by Gasteiger charge is 2.24. The topological polar surface area (TPSA) is 6.48 Å². The summed E-state index contributed by atoms with van der Waals surface area (Å²) >= 11 is 0. The average Bonchev–Trinajstić information content (AvgIpc) is 3.18. The van der Waals surface area contributed by atoms with Crippen molar-refractivity contribution >= 4 is 0 Å². The molecule has 0 N–H and O–H groups in total. The van der Waals surface area contributed by atoms with E-state index in [1.807, 2.05) is 0 Å². The third-order valence-electron chi connectivity index (χ3n) is 7.32. The van der Waals surface area contributed by atoms with Crippen molar-refractivity contribution in [1.29, 1.82) is 0 Å². The van der Waals surface area contributed by atoms with Crippen LogP contribution in [0.15, 0.2) is 12.4 Å². The Hall–Kier alpha value is -0.660. The lowest BCUT2D eigenvalue weighted by Crippen LogP contribution is -2.39. The number of rotatable bonds is 24. The van der Waals surface area contributed by atoms with Crippen molar-refractivity contribution in [2.24, 2.45) is 0 Å². The van der Waals surface area contributed by atoms with Crippen LogP contribution in [0.25, 0.3) is 0 Å². The first-order chi connectivity index (χ1) is 15.8. The first-order valence-corrected chi connectivity index (χ1v) is 15.0. The molecule has 1 atom stereocenters. The molecule has 2 nitrogen and oxygen atoms in total. The summed E-state index contributed by atoms with van der Waals surface area (Å²) in [5.41, 5.74) is 0. The van der Waals surface area contributed by atoms with Gasteiger partial charge in [0.15, 0.2) is 0 Å². The van der Waals surface area contributed by atoms with Crippen LogP contribution in [0.3, 0.4) is 0 Å². The molecule has 0 bridgehead atoms. The Morgan fingerprint density at radius 3 is 1.09 bits per heavy atom. The van der Waals surface area contributed by atoms with Crippen LogP contribution in [0.5, 0.6) is 0 Å². The molecule has 0 radical (unpaired) electrons. The fourth-order valence-corrected chi connectivity index (χ4v) is 5.13. The molecule has 0 aliphatic carbocycles. The standard InChI is InChI=1S/C30H60N2/c1-4-7-10-13-15-16-18-21-24-27-32-29-28-31(26-23-20-12-9-6-3)30(32)25-22-19-17-14-11-8-5-2/h28-30H,4-27H2,1-3H3. The summed E-state index contributed by atoms with van der Waals surface area (Å²) < 4.78 is 0. The van der Waals surface area contributed by atoms with Gasteiger partial charge in [0.05, 0.1) is 0 Å². The summed E-state index contributed by atoms with van der Waals surface area (Å²) in [5, 5.41) is 0. The van der Waals surface area contributed by atoms with Crippen LogP contribution in [0.2, 0.25) is 0 Å². The maximum Gasteiger partial charge on any atom is 0.101 e. The minimum absolute atomic E-state index is 0.644. The van der Waals surface area contributed by atoms with Gasteiger partial charge in [0.25, 0.3) is 0 Å². The molecular weight excluding hydrogens is 388 g/mol. The second-order valence-corrected chi connectivity index (χ2v) is 10.4. The average molecular weight is 449 g/mol. The highest BCUT2D eigenvalue weighted by atomic mass is 15.4. The van der Waals surface area contributed by atoms with Crippen LogP contribution < -0.4 is 0 Å². The third kappa shape index (κ3) is 15.2. The number of nitrogens with zero attached hydrogens (tertiary/aromatic N) is 2.